The van der Waals surface area contributed by atoms with E-state index in [4.69, 9.17) is 9.84 Å². The average Bonchev–Trinajstić information content (AvgIpc) is 3.13. The Balaban J connectivity index is 1.75. The third-order valence-electron chi connectivity index (χ3n) is 3.33. The van der Waals surface area contributed by atoms with E-state index < -0.39 is 5.97 Å². The van der Waals surface area contributed by atoms with Gasteiger partial charge in [0.05, 0.1) is 0 Å². The van der Waals surface area contributed by atoms with Crippen molar-refractivity contribution in [2.24, 2.45) is 5.92 Å². The maximum Gasteiger partial charge on any atom is 0.339 e. The molecule has 2 unspecified atom stereocenters. The number of carboxylic acids is 1. The molecule has 0 radical (unpaired) electrons. The summed E-state index contributed by atoms with van der Waals surface area (Å²) in [5.74, 6) is 0.303. The molecule has 1 aromatic rings. The number of carboxylic acid groups (broad SMARTS) is 1. The molecule has 1 aliphatic carbocycles. The average molecular weight is 249 g/mol. The number of ether oxygens (including phenoxy) is 1. The summed E-state index contributed by atoms with van der Waals surface area (Å²) in [6.07, 6.45) is 2.47. The van der Waals surface area contributed by atoms with Crippen LogP contribution in [0.5, 0.6) is 5.75 Å². The molecule has 0 spiro atoms. The van der Waals surface area contributed by atoms with E-state index in [0.29, 0.717) is 18.4 Å². The minimum absolute atomic E-state index is 0.218. The molecule has 4 heteroatoms. The van der Waals surface area contributed by atoms with Crippen LogP contribution in [-0.4, -0.2) is 30.3 Å². The second-order valence-corrected chi connectivity index (χ2v) is 4.61. The van der Waals surface area contributed by atoms with Crippen LogP contribution in [0.2, 0.25) is 0 Å². The van der Waals surface area contributed by atoms with Gasteiger partial charge in [-0.1, -0.05) is 25.5 Å². The Hall–Kier alpha value is -1.55. The van der Waals surface area contributed by atoms with Crippen LogP contribution < -0.4 is 10.1 Å². The maximum atomic E-state index is 11.0. The largest absolute Gasteiger partial charge is 0.491 e. The van der Waals surface area contributed by atoms with Crippen LogP contribution in [0.25, 0.3) is 0 Å². The van der Waals surface area contributed by atoms with Gasteiger partial charge in [-0.2, -0.15) is 0 Å². The number of rotatable bonds is 7. The Kier molecular flexibility index (Phi) is 4.20. The van der Waals surface area contributed by atoms with E-state index in [-0.39, 0.29) is 5.56 Å². The van der Waals surface area contributed by atoms with Gasteiger partial charge < -0.3 is 15.2 Å². The van der Waals surface area contributed by atoms with Crippen LogP contribution in [-0.2, 0) is 0 Å². The number of hydrogen-bond donors (Lipinski definition) is 2. The number of aromatic carboxylic acids is 1. The van der Waals surface area contributed by atoms with E-state index in [1.807, 2.05) is 0 Å². The Morgan fingerprint density at radius 1 is 1.50 bits per heavy atom. The lowest BCUT2D eigenvalue weighted by atomic mass is 10.2. The molecular formula is C14H19NO3. The van der Waals surface area contributed by atoms with Crippen molar-refractivity contribution in [3.8, 4) is 5.75 Å². The lowest BCUT2D eigenvalue weighted by Gasteiger charge is -2.09. The number of carbonyl (C=O) groups is 1. The molecule has 2 atom stereocenters. The zero-order chi connectivity index (χ0) is 13.0. The van der Waals surface area contributed by atoms with Crippen molar-refractivity contribution in [3.63, 3.8) is 0 Å². The highest BCUT2D eigenvalue weighted by Crippen LogP contribution is 2.32. The summed E-state index contributed by atoms with van der Waals surface area (Å²) in [5, 5.41) is 12.4. The Bertz CT molecular complexity index is 419. The van der Waals surface area contributed by atoms with E-state index in [0.717, 1.165) is 12.5 Å². The lowest BCUT2D eigenvalue weighted by Crippen LogP contribution is -2.24. The molecule has 0 amide bonds. The van der Waals surface area contributed by atoms with Crippen molar-refractivity contribution < 1.29 is 14.6 Å². The normalized spacial score (nSPS) is 21.6. The third-order valence-corrected chi connectivity index (χ3v) is 3.33. The minimum Gasteiger partial charge on any atom is -0.491 e. The smallest absolute Gasteiger partial charge is 0.339 e. The van der Waals surface area contributed by atoms with Crippen molar-refractivity contribution in [1.82, 2.24) is 5.32 Å². The molecule has 1 aliphatic rings. The van der Waals surface area contributed by atoms with Gasteiger partial charge in [-0.25, -0.2) is 4.79 Å². The molecule has 18 heavy (non-hydrogen) atoms. The van der Waals surface area contributed by atoms with Crippen LogP contribution in [0.15, 0.2) is 24.3 Å². The first-order chi connectivity index (χ1) is 8.72. The Morgan fingerprint density at radius 2 is 2.28 bits per heavy atom. The molecule has 2 rings (SSSR count). The van der Waals surface area contributed by atoms with Gasteiger partial charge >= 0.3 is 5.97 Å². The fourth-order valence-electron chi connectivity index (χ4n) is 2.12. The minimum atomic E-state index is -0.952. The summed E-state index contributed by atoms with van der Waals surface area (Å²) >= 11 is 0. The van der Waals surface area contributed by atoms with E-state index in [1.54, 1.807) is 24.3 Å². The van der Waals surface area contributed by atoms with Crippen molar-refractivity contribution in [1.29, 1.82) is 0 Å². The van der Waals surface area contributed by atoms with Crippen LogP contribution >= 0.6 is 0 Å². The standard InChI is InChI=1S/C14H19NO3/c1-2-10-9-12(10)15-7-8-18-13-6-4-3-5-11(13)14(16)17/h3-6,10,12,15H,2,7-9H2,1H3,(H,16,17). The summed E-state index contributed by atoms with van der Waals surface area (Å²) < 4.78 is 5.50. The summed E-state index contributed by atoms with van der Waals surface area (Å²) in [6, 6.07) is 7.36. The first-order valence-corrected chi connectivity index (χ1v) is 6.41. The van der Waals surface area contributed by atoms with Gasteiger partial charge in [0, 0.05) is 12.6 Å². The van der Waals surface area contributed by atoms with Gasteiger partial charge in [0.2, 0.25) is 0 Å². The fraction of sp³-hybridized carbons (Fsp3) is 0.500. The zero-order valence-corrected chi connectivity index (χ0v) is 10.6. The predicted molar refractivity (Wildman–Crippen MR) is 69.1 cm³/mol. The Labute approximate surface area is 107 Å². The van der Waals surface area contributed by atoms with E-state index in [1.165, 1.54) is 12.8 Å². The first-order valence-electron chi connectivity index (χ1n) is 6.41. The van der Waals surface area contributed by atoms with Gasteiger partial charge in [-0.05, 0) is 24.5 Å². The second-order valence-electron chi connectivity index (χ2n) is 4.61. The van der Waals surface area contributed by atoms with Crippen LogP contribution in [0.1, 0.15) is 30.1 Å². The highest BCUT2D eigenvalue weighted by Gasteiger charge is 2.34. The fourth-order valence-corrected chi connectivity index (χ4v) is 2.12. The summed E-state index contributed by atoms with van der Waals surface area (Å²) in [5.41, 5.74) is 0.218. The van der Waals surface area contributed by atoms with E-state index in [2.05, 4.69) is 12.2 Å². The van der Waals surface area contributed by atoms with Crippen LogP contribution in [0.4, 0.5) is 0 Å². The number of para-hydroxylation sites is 1. The molecule has 0 saturated heterocycles. The van der Waals surface area contributed by atoms with Crippen molar-refractivity contribution in [2.45, 2.75) is 25.8 Å². The molecule has 1 fully saturated rings. The van der Waals surface area contributed by atoms with Gasteiger partial charge in [0.15, 0.2) is 0 Å². The number of benzene rings is 1. The predicted octanol–water partition coefficient (Wildman–Crippen LogP) is 2.15. The van der Waals surface area contributed by atoms with Gasteiger partial charge in [0.25, 0.3) is 0 Å². The highest BCUT2D eigenvalue weighted by molar-refractivity contribution is 5.90. The van der Waals surface area contributed by atoms with E-state index in [9.17, 15) is 4.79 Å². The van der Waals surface area contributed by atoms with Crippen molar-refractivity contribution >= 4 is 5.97 Å². The maximum absolute atomic E-state index is 11.0. The van der Waals surface area contributed by atoms with Gasteiger partial charge in [-0.15, -0.1) is 0 Å². The monoisotopic (exact) mass is 249 g/mol. The van der Waals surface area contributed by atoms with Crippen LogP contribution in [0, 0.1) is 5.92 Å². The quantitative estimate of drug-likeness (QED) is 0.727. The van der Waals surface area contributed by atoms with Crippen molar-refractivity contribution in [3.05, 3.63) is 29.8 Å². The van der Waals surface area contributed by atoms with Crippen molar-refractivity contribution in [2.75, 3.05) is 13.2 Å². The number of nitrogens with one attached hydrogen (secondary N) is 1. The topological polar surface area (TPSA) is 58.6 Å². The second kappa shape index (κ2) is 5.87. The molecule has 0 heterocycles. The molecule has 0 bridgehead atoms. The molecule has 4 nitrogen and oxygen atoms in total. The van der Waals surface area contributed by atoms with E-state index >= 15 is 0 Å². The third kappa shape index (κ3) is 3.23. The van der Waals surface area contributed by atoms with Gasteiger partial charge in [0.1, 0.15) is 17.9 Å². The lowest BCUT2D eigenvalue weighted by molar-refractivity contribution is 0.0692. The molecule has 98 valence electrons. The summed E-state index contributed by atoms with van der Waals surface area (Å²) in [7, 11) is 0. The molecule has 1 saturated carbocycles. The van der Waals surface area contributed by atoms with Gasteiger partial charge in [-0.3, -0.25) is 0 Å². The molecule has 1 aromatic carbocycles. The summed E-state index contributed by atoms with van der Waals surface area (Å²) in [6.45, 7) is 3.46. The number of hydrogen-bond acceptors (Lipinski definition) is 3. The first kappa shape index (κ1) is 12.9. The summed E-state index contributed by atoms with van der Waals surface area (Å²) in [4.78, 5) is 11.0. The SMILES string of the molecule is CCC1CC1NCCOc1ccccc1C(=O)O. The molecular weight excluding hydrogens is 230 g/mol. The molecule has 0 aliphatic heterocycles. The highest BCUT2D eigenvalue weighted by atomic mass is 16.5. The Morgan fingerprint density at radius 3 is 2.94 bits per heavy atom. The molecule has 0 aromatic heterocycles. The zero-order valence-electron chi connectivity index (χ0n) is 10.6. The van der Waals surface area contributed by atoms with Crippen LogP contribution in [0.3, 0.4) is 0 Å². The molecule has 2 N–H and O–H groups in total.